The summed E-state index contributed by atoms with van der Waals surface area (Å²) >= 11 is 3.24. The van der Waals surface area contributed by atoms with Gasteiger partial charge in [-0.1, -0.05) is 6.07 Å². The molecule has 0 atom stereocenters. The molecule has 2 aromatic rings. The summed E-state index contributed by atoms with van der Waals surface area (Å²) in [5.41, 5.74) is 1.54. The summed E-state index contributed by atoms with van der Waals surface area (Å²) in [6.45, 7) is 0.895. The van der Waals surface area contributed by atoms with Crippen LogP contribution in [0, 0.1) is 11.6 Å². The smallest absolute Gasteiger partial charge is 0.172 e. The fourth-order valence-electron chi connectivity index (χ4n) is 1.89. The van der Waals surface area contributed by atoms with E-state index in [1.165, 1.54) is 13.2 Å². The number of hydrogen-bond acceptors (Lipinski definition) is 3. The Kier molecular flexibility index (Phi) is 5.14. The second kappa shape index (κ2) is 6.87. The number of phenols is 1. The third kappa shape index (κ3) is 3.92. The second-order valence-electron chi connectivity index (χ2n) is 4.48. The molecular formula is C15H14BrF2NO2. The fourth-order valence-corrected chi connectivity index (χ4v) is 2.38. The molecule has 0 aliphatic carbocycles. The van der Waals surface area contributed by atoms with Gasteiger partial charge in [-0.15, -0.1) is 0 Å². The zero-order chi connectivity index (χ0) is 15.4. The quantitative estimate of drug-likeness (QED) is 0.856. The molecule has 0 aliphatic rings. The average molecular weight is 358 g/mol. The van der Waals surface area contributed by atoms with E-state index in [1.807, 2.05) is 0 Å². The third-order valence-corrected chi connectivity index (χ3v) is 3.55. The van der Waals surface area contributed by atoms with Crippen molar-refractivity contribution in [2.45, 2.75) is 13.1 Å². The minimum absolute atomic E-state index is 0.0434. The molecule has 0 bridgehead atoms. The van der Waals surface area contributed by atoms with Crippen molar-refractivity contribution in [1.82, 2.24) is 5.32 Å². The van der Waals surface area contributed by atoms with Crippen LogP contribution in [0.4, 0.5) is 8.78 Å². The van der Waals surface area contributed by atoms with Crippen molar-refractivity contribution in [2.24, 2.45) is 0 Å². The molecule has 2 N–H and O–H groups in total. The second-order valence-corrected chi connectivity index (χ2v) is 5.33. The summed E-state index contributed by atoms with van der Waals surface area (Å²) in [7, 11) is 1.47. The van der Waals surface area contributed by atoms with Crippen LogP contribution < -0.4 is 10.1 Å². The van der Waals surface area contributed by atoms with E-state index >= 15 is 0 Å². The van der Waals surface area contributed by atoms with Gasteiger partial charge in [0, 0.05) is 13.1 Å². The van der Waals surface area contributed by atoms with Crippen molar-refractivity contribution in [2.75, 3.05) is 7.11 Å². The predicted molar refractivity (Wildman–Crippen MR) is 79.3 cm³/mol. The van der Waals surface area contributed by atoms with Gasteiger partial charge in [0.15, 0.2) is 23.1 Å². The Bertz CT molecular complexity index is 650. The molecule has 0 saturated heterocycles. The number of methoxy groups -OCH3 is 1. The molecule has 0 unspecified atom stereocenters. The number of nitrogens with one attached hydrogen (secondary N) is 1. The first kappa shape index (κ1) is 15.7. The van der Waals surface area contributed by atoms with Crippen LogP contribution in [0.25, 0.3) is 0 Å². The molecule has 2 rings (SSSR count). The van der Waals surface area contributed by atoms with Crippen LogP contribution in [0.5, 0.6) is 11.5 Å². The summed E-state index contributed by atoms with van der Waals surface area (Å²) in [5.74, 6) is -1.30. The largest absolute Gasteiger partial charge is 0.503 e. The Balaban J connectivity index is 2.00. The summed E-state index contributed by atoms with van der Waals surface area (Å²) in [5, 5.41) is 12.8. The zero-order valence-electron chi connectivity index (χ0n) is 11.3. The highest BCUT2D eigenvalue weighted by Gasteiger charge is 2.08. The number of ether oxygens (including phenoxy) is 1. The lowest BCUT2D eigenvalue weighted by Crippen LogP contribution is -2.13. The lowest BCUT2D eigenvalue weighted by molar-refractivity contribution is 0.371. The van der Waals surface area contributed by atoms with Gasteiger partial charge in [0.2, 0.25) is 0 Å². The summed E-state index contributed by atoms with van der Waals surface area (Å²) in [4.78, 5) is 0. The Hall–Kier alpha value is -1.66. The van der Waals surface area contributed by atoms with Crippen LogP contribution in [0.2, 0.25) is 0 Å². The normalized spacial score (nSPS) is 10.7. The van der Waals surface area contributed by atoms with Gasteiger partial charge < -0.3 is 15.2 Å². The molecule has 0 fully saturated rings. The Labute approximate surface area is 129 Å². The van der Waals surface area contributed by atoms with Crippen LogP contribution in [0.3, 0.4) is 0 Å². The molecule has 0 spiro atoms. The van der Waals surface area contributed by atoms with Gasteiger partial charge in [-0.05, 0) is 51.3 Å². The van der Waals surface area contributed by atoms with E-state index in [-0.39, 0.29) is 5.75 Å². The molecule has 112 valence electrons. The first-order chi connectivity index (χ1) is 10.0. The van der Waals surface area contributed by atoms with Crippen molar-refractivity contribution >= 4 is 15.9 Å². The van der Waals surface area contributed by atoms with Crippen molar-refractivity contribution < 1.29 is 18.6 Å². The minimum atomic E-state index is -0.858. The van der Waals surface area contributed by atoms with E-state index in [0.717, 1.165) is 17.7 Å². The molecule has 0 saturated carbocycles. The van der Waals surface area contributed by atoms with Crippen LogP contribution in [0.15, 0.2) is 34.8 Å². The number of benzene rings is 2. The van der Waals surface area contributed by atoms with Crippen molar-refractivity contribution in [1.29, 1.82) is 0 Å². The molecule has 21 heavy (non-hydrogen) atoms. The molecule has 2 aromatic carbocycles. The monoisotopic (exact) mass is 357 g/mol. The number of phenolic OH excluding ortho intramolecular Hbond substituents is 1. The van der Waals surface area contributed by atoms with Gasteiger partial charge in [-0.25, -0.2) is 8.78 Å². The molecule has 0 aliphatic heterocycles. The Morgan fingerprint density at radius 2 is 1.81 bits per heavy atom. The highest BCUT2D eigenvalue weighted by atomic mass is 79.9. The van der Waals surface area contributed by atoms with E-state index in [2.05, 4.69) is 21.2 Å². The van der Waals surface area contributed by atoms with E-state index in [0.29, 0.717) is 28.9 Å². The standard InChI is InChI=1S/C15H14BrF2NO2/c1-21-14-6-10(4-11(16)15(14)20)8-19-7-9-2-3-12(17)13(18)5-9/h2-6,19-20H,7-8H2,1H3. The van der Waals surface area contributed by atoms with Gasteiger partial charge in [-0.2, -0.15) is 0 Å². The lowest BCUT2D eigenvalue weighted by atomic mass is 10.2. The molecule has 0 radical (unpaired) electrons. The number of aromatic hydroxyl groups is 1. The van der Waals surface area contributed by atoms with Gasteiger partial charge in [0.05, 0.1) is 11.6 Å². The maximum atomic E-state index is 13.1. The van der Waals surface area contributed by atoms with Crippen LogP contribution in [-0.2, 0) is 13.1 Å². The fraction of sp³-hybridized carbons (Fsp3) is 0.200. The lowest BCUT2D eigenvalue weighted by Gasteiger charge is -2.10. The van der Waals surface area contributed by atoms with E-state index in [1.54, 1.807) is 12.1 Å². The Morgan fingerprint density at radius 3 is 2.48 bits per heavy atom. The van der Waals surface area contributed by atoms with Crippen LogP contribution >= 0.6 is 15.9 Å². The Morgan fingerprint density at radius 1 is 1.10 bits per heavy atom. The summed E-state index contributed by atoms with van der Waals surface area (Å²) in [6.07, 6.45) is 0. The molecule has 6 heteroatoms. The molecule has 0 aromatic heterocycles. The van der Waals surface area contributed by atoms with E-state index < -0.39 is 11.6 Å². The van der Waals surface area contributed by atoms with Gasteiger partial charge in [0.25, 0.3) is 0 Å². The highest BCUT2D eigenvalue weighted by molar-refractivity contribution is 9.10. The SMILES string of the molecule is COc1cc(CNCc2ccc(F)c(F)c2)cc(Br)c1O. The van der Waals surface area contributed by atoms with Gasteiger partial charge >= 0.3 is 0 Å². The minimum Gasteiger partial charge on any atom is -0.503 e. The van der Waals surface area contributed by atoms with Gasteiger partial charge in [0.1, 0.15) is 0 Å². The summed E-state index contributed by atoms with van der Waals surface area (Å²) < 4.78 is 31.5. The average Bonchev–Trinajstić information content (AvgIpc) is 2.46. The molecule has 0 amide bonds. The van der Waals surface area contributed by atoms with Crippen LogP contribution in [-0.4, -0.2) is 12.2 Å². The predicted octanol–water partition coefficient (Wildman–Crippen LogP) is 3.73. The maximum Gasteiger partial charge on any atom is 0.172 e. The van der Waals surface area contributed by atoms with Crippen molar-refractivity contribution in [3.63, 3.8) is 0 Å². The number of hydrogen-bond donors (Lipinski definition) is 2. The third-order valence-electron chi connectivity index (χ3n) is 2.95. The molecular weight excluding hydrogens is 344 g/mol. The van der Waals surface area contributed by atoms with E-state index in [4.69, 9.17) is 4.74 Å². The number of rotatable bonds is 5. The molecule has 3 nitrogen and oxygen atoms in total. The van der Waals surface area contributed by atoms with E-state index in [9.17, 15) is 13.9 Å². The topological polar surface area (TPSA) is 41.5 Å². The highest BCUT2D eigenvalue weighted by Crippen LogP contribution is 2.35. The van der Waals surface area contributed by atoms with Gasteiger partial charge in [-0.3, -0.25) is 0 Å². The zero-order valence-corrected chi connectivity index (χ0v) is 12.9. The first-order valence-electron chi connectivity index (χ1n) is 6.21. The van der Waals surface area contributed by atoms with Crippen molar-refractivity contribution in [3.05, 3.63) is 57.6 Å². The molecule has 0 heterocycles. The number of halogens is 3. The summed E-state index contributed by atoms with van der Waals surface area (Å²) in [6, 6.07) is 7.26. The maximum absolute atomic E-state index is 13.1. The van der Waals surface area contributed by atoms with Crippen molar-refractivity contribution in [3.8, 4) is 11.5 Å². The van der Waals surface area contributed by atoms with Crippen LogP contribution in [0.1, 0.15) is 11.1 Å². The first-order valence-corrected chi connectivity index (χ1v) is 7.00.